The molecule has 2 heterocycles. The molecule has 0 bridgehead atoms. The number of nitrogens with two attached hydrogens (primary N) is 5. The van der Waals surface area contributed by atoms with Crippen LogP contribution in [0.4, 0.5) is 0 Å². The maximum absolute atomic E-state index is 15.4. The first kappa shape index (κ1) is 64.9. The van der Waals surface area contributed by atoms with Crippen LogP contribution in [-0.2, 0) is 60.8 Å². The molecule has 24 nitrogen and oxygen atoms in total. The van der Waals surface area contributed by atoms with E-state index in [0.29, 0.717) is 30.9 Å². The van der Waals surface area contributed by atoms with Gasteiger partial charge in [0.2, 0.25) is 53.2 Å². The summed E-state index contributed by atoms with van der Waals surface area (Å²) >= 11 is 0. The van der Waals surface area contributed by atoms with Gasteiger partial charge in [-0.1, -0.05) is 84.8 Å². The minimum atomic E-state index is -1.71. The Labute approximate surface area is 480 Å². The van der Waals surface area contributed by atoms with Crippen molar-refractivity contribution < 1.29 is 52.7 Å². The highest BCUT2D eigenvalue weighted by Gasteiger charge is 2.45. The van der Waals surface area contributed by atoms with Crippen molar-refractivity contribution in [3.8, 4) is 5.75 Å². The molecule has 16 N–H and O–H groups in total. The molecule has 444 valence electrons. The number of Topliss-reactive ketones (excluding diaryl/α,β-unsaturated/α-hetero) is 1. The molecule has 0 aromatic heterocycles. The first-order chi connectivity index (χ1) is 38.4. The Balaban J connectivity index is 1.58. The Morgan fingerprint density at radius 2 is 1.42 bits per heavy atom. The van der Waals surface area contributed by atoms with Crippen molar-refractivity contribution in [1.82, 2.24) is 36.8 Å². The molecule has 2 aromatic rings. The monoisotopic (exact) mass is 1160 g/mol. The fourth-order valence-electron chi connectivity index (χ4n) is 10.3. The van der Waals surface area contributed by atoms with Gasteiger partial charge in [0, 0.05) is 36.4 Å². The summed E-state index contributed by atoms with van der Waals surface area (Å²) in [5.74, 6) is -6.99. The predicted octanol–water partition coefficient (Wildman–Crippen LogP) is -0.137. The summed E-state index contributed by atoms with van der Waals surface area (Å²) in [4.78, 5) is 143. The Kier molecular flexibility index (Phi) is 24.6. The van der Waals surface area contributed by atoms with Crippen molar-refractivity contribution >= 4 is 86.5 Å². The molecule has 9 amide bonds. The summed E-state index contributed by atoms with van der Waals surface area (Å²) in [5.41, 5.74) is 28.9. The molecular weight excluding hydrogens is 1080 g/mol. The average Bonchev–Trinajstić information content (AvgIpc) is 3.92. The molecule has 0 unspecified atom stereocenters. The summed E-state index contributed by atoms with van der Waals surface area (Å²) in [7, 11) is 4.23. The zero-order valence-electron chi connectivity index (χ0n) is 46.6. The maximum Gasteiger partial charge on any atom is 0.246 e. The molecule has 1 aliphatic carbocycles. The van der Waals surface area contributed by atoms with E-state index in [4.69, 9.17) is 33.4 Å². The molecule has 2 saturated heterocycles. The third kappa shape index (κ3) is 20.5. The number of ketones is 1. The number of nitrogens with zero attached hydrogens (tertiary/aromatic N) is 2. The summed E-state index contributed by atoms with van der Waals surface area (Å²) in [6.07, 6.45) is 2.37. The first-order valence-electron chi connectivity index (χ1n) is 27.3. The number of hydrogen-bond acceptors (Lipinski definition) is 15. The number of carbonyl (C=O) groups excluding carboxylic acids is 10. The molecule has 3 fully saturated rings. The zero-order chi connectivity index (χ0) is 59.4. The Bertz CT molecular complexity index is 2570. The van der Waals surface area contributed by atoms with E-state index >= 15 is 9.59 Å². The molecule has 26 heteroatoms. The van der Waals surface area contributed by atoms with E-state index in [1.807, 2.05) is 42.5 Å². The molecule has 2 aliphatic heterocycles. The number of likely N-dealkylation sites (tertiary alicyclic amines) is 1. The molecule has 81 heavy (non-hydrogen) atoms. The number of methoxy groups -OCH3 is 1. The SMILES string of the molecule is COc1ccc(C[C@@H]2N[C@@H](Cc3ccccc3)C(=O)N[C@@H](CCC(N)=O)C(=O)N[C@@H](CC(N)=O)C(=O)N[C@H](C(=O)N3CCC[C@H]3C(=O)N[C@@H](CCCN=C(N)N)C(=O)NCC(N)=O)CSSC3(CCC(C(C)(C)C)CC3)CC2=O)cc1. The van der Waals surface area contributed by atoms with Gasteiger partial charge in [0.1, 0.15) is 36.0 Å². The smallest absolute Gasteiger partial charge is 0.246 e. The number of aliphatic imine (C=N–C) groups is 1. The number of amides is 9. The van der Waals surface area contributed by atoms with Crippen LogP contribution in [0.25, 0.3) is 0 Å². The minimum Gasteiger partial charge on any atom is -0.497 e. The van der Waals surface area contributed by atoms with Crippen LogP contribution in [-0.4, -0.2) is 149 Å². The quantitative estimate of drug-likeness (QED) is 0.0356. The van der Waals surface area contributed by atoms with Crippen molar-refractivity contribution in [2.75, 3.05) is 32.5 Å². The van der Waals surface area contributed by atoms with Crippen LogP contribution in [0.2, 0.25) is 0 Å². The number of hydrogen-bond donors (Lipinski definition) is 11. The zero-order valence-corrected chi connectivity index (χ0v) is 48.3. The van der Waals surface area contributed by atoms with Gasteiger partial charge in [0.05, 0.1) is 32.2 Å². The lowest BCUT2D eigenvalue weighted by molar-refractivity contribution is -0.142. The van der Waals surface area contributed by atoms with Gasteiger partial charge in [0.15, 0.2) is 11.7 Å². The van der Waals surface area contributed by atoms with Crippen LogP contribution < -0.4 is 65.3 Å². The highest BCUT2D eigenvalue weighted by atomic mass is 33.1. The van der Waals surface area contributed by atoms with E-state index in [1.54, 1.807) is 19.2 Å². The number of nitrogens with one attached hydrogen (secondary N) is 6. The molecule has 0 radical (unpaired) electrons. The van der Waals surface area contributed by atoms with E-state index in [0.717, 1.165) is 24.0 Å². The Hall–Kier alpha value is -6.93. The summed E-state index contributed by atoms with van der Waals surface area (Å²) < 4.78 is 4.70. The lowest BCUT2D eigenvalue weighted by atomic mass is 9.68. The van der Waals surface area contributed by atoms with Crippen molar-refractivity contribution in [3.05, 3.63) is 65.7 Å². The lowest BCUT2D eigenvalue weighted by Gasteiger charge is -2.44. The molecule has 1 saturated carbocycles. The van der Waals surface area contributed by atoms with Gasteiger partial charge in [0.25, 0.3) is 0 Å². The summed E-state index contributed by atoms with van der Waals surface area (Å²) in [5, 5.41) is 16.5. The number of rotatable bonds is 20. The van der Waals surface area contributed by atoms with Crippen LogP contribution >= 0.6 is 21.6 Å². The third-order valence-electron chi connectivity index (χ3n) is 14.9. The highest BCUT2D eigenvalue weighted by Crippen LogP contribution is 2.52. The molecule has 3 aliphatic rings. The molecule has 1 spiro atoms. The minimum absolute atomic E-state index is 0.0354. The second-order valence-corrected chi connectivity index (χ2v) is 24.9. The van der Waals surface area contributed by atoms with E-state index < -0.39 is 113 Å². The van der Waals surface area contributed by atoms with Crippen LogP contribution in [0.5, 0.6) is 5.75 Å². The second kappa shape index (κ2) is 30.8. The van der Waals surface area contributed by atoms with Gasteiger partial charge in [-0.2, -0.15) is 0 Å². The van der Waals surface area contributed by atoms with E-state index in [9.17, 15) is 38.4 Å². The van der Waals surface area contributed by atoms with Crippen LogP contribution in [0, 0.1) is 11.3 Å². The van der Waals surface area contributed by atoms with Gasteiger partial charge in [-0.3, -0.25) is 58.3 Å². The molecule has 5 rings (SSSR count). The Morgan fingerprint density at radius 1 is 0.790 bits per heavy atom. The van der Waals surface area contributed by atoms with E-state index in [1.165, 1.54) is 26.5 Å². The van der Waals surface area contributed by atoms with Crippen LogP contribution in [0.3, 0.4) is 0 Å². The first-order valence-corrected chi connectivity index (χ1v) is 29.6. The number of carbonyl (C=O) groups is 10. The number of guanidine groups is 1. The van der Waals surface area contributed by atoms with E-state index in [2.05, 4.69) is 57.7 Å². The number of benzene rings is 2. The highest BCUT2D eigenvalue weighted by molar-refractivity contribution is 8.77. The third-order valence-corrected chi connectivity index (χ3v) is 18.2. The van der Waals surface area contributed by atoms with Gasteiger partial charge >= 0.3 is 0 Å². The fraction of sp³-hybridized carbons (Fsp3) is 0.582. The lowest BCUT2D eigenvalue weighted by Crippen LogP contribution is -2.61. The fourth-order valence-corrected chi connectivity index (χ4v) is 13.7. The van der Waals surface area contributed by atoms with Crippen molar-refractivity contribution in [2.45, 2.75) is 158 Å². The maximum atomic E-state index is 15.4. The second-order valence-electron chi connectivity index (χ2n) is 22.1. The number of primary amides is 3. The Morgan fingerprint density at radius 3 is 2.04 bits per heavy atom. The van der Waals surface area contributed by atoms with Crippen molar-refractivity contribution in [1.29, 1.82) is 0 Å². The summed E-state index contributed by atoms with van der Waals surface area (Å²) in [6, 6.07) is 7.23. The molecule has 7 atom stereocenters. The normalized spacial score (nSPS) is 24.7. The van der Waals surface area contributed by atoms with Gasteiger partial charge in [-0.25, -0.2) is 0 Å². The largest absolute Gasteiger partial charge is 0.497 e. The summed E-state index contributed by atoms with van der Waals surface area (Å²) in [6.45, 7) is 6.23. The number of ether oxygens (including phenoxy) is 1. The van der Waals surface area contributed by atoms with Crippen LogP contribution in [0.1, 0.15) is 109 Å². The molecular formula is C55H81N13O11S2. The standard InChI is InChI=1S/C55H81N13O11S2/c1-54(2,3)34-20-22-55(23-21-34)29-43(69)38(26-33-14-16-35(79-4)17-15-33)63-39(27-32-10-6-5-7-11-32)49(75)64-37(18-19-44(56)70)48(74)66-40(28-45(57)71)50(76)67-41(31-80-81-55)52(78)68-25-9-13-42(68)51(77)65-36(12-8-24-61-53(59)60)47(73)62-30-46(58)72/h5-7,10-11,14-17,34,36-42,63H,8-9,12-13,18-31H2,1-4H3,(H2,56,70)(H2,57,71)(H2,58,72)(H,62,73)(H,64,75)(H,65,77)(H,66,74)(H,67,76)(H4,59,60,61)/t34?,36-,37-,38-,39-,40-,41-,42-,55?/m0/s1. The van der Waals surface area contributed by atoms with Crippen molar-refractivity contribution in [3.63, 3.8) is 0 Å². The average molecular weight is 1160 g/mol. The van der Waals surface area contributed by atoms with E-state index in [-0.39, 0.29) is 87.4 Å². The van der Waals surface area contributed by atoms with Crippen LogP contribution in [0.15, 0.2) is 59.6 Å². The predicted molar refractivity (Wildman–Crippen MR) is 308 cm³/mol. The molecule has 2 aromatic carbocycles. The van der Waals surface area contributed by atoms with Gasteiger partial charge in [-0.15, -0.1) is 0 Å². The van der Waals surface area contributed by atoms with Gasteiger partial charge in [-0.05, 0) is 105 Å². The van der Waals surface area contributed by atoms with Gasteiger partial charge < -0.3 is 64.9 Å². The van der Waals surface area contributed by atoms with Crippen molar-refractivity contribution in [2.24, 2.45) is 45.0 Å². The topological polar surface area (TPSA) is 398 Å².